The third-order valence-electron chi connectivity index (χ3n) is 2.91. The van der Waals surface area contributed by atoms with E-state index in [0.29, 0.717) is 6.04 Å². The van der Waals surface area contributed by atoms with Crippen LogP contribution in [-0.4, -0.2) is 6.54 Å². The summed E-state index contributed by atoms with van der Waals surface area (Å²) in [4.78, 5) is 1.39. The molecule has 0 saturated carbocycles. The van der Waals surface area contributed by atoms with Crippen LogP contribution >= 0.6 is 27.3 Å². The maximum absolute atomic E-state index is 3.57. The zero-order valence-electron chi connectivity index (χ0n) is 10.7. The van der Waals surface area contributed by atoms with E-state index in [2.05, 4.69) is 71.5 Å². The van der Waals surface area contributed by atoms with Crippen LogP contribution in [0.5, 0.6) is 0 Å². The van der Waals surface area contributed by atoms with Gasteiger partial charge in [0.15, 0.2) is 0 Å². The van der Waals surface area contributed by atoms with Crippen LogP contribution in [0.15, 0.2) is 40.2 Å². The Kier molecular flexibility index (Phi) is 4.98. The van der Waals surface area contributed by atoms with E-state index in [1.165, 1.54) is 19.8 Å². The van der Waals surface area contributed by atoms with Crippen LogP contribution in [0, 0.1) is 6.92 Å². The van der Waals surface area contributed by atoms with E-state index in [1.807, 2.05) is 11.3 Å². The lowest BCUT2D eigenvalue weighted by Gasteiger charge is -2.16. The smallest absolute Gasteiger partial charge is 0.0701 e. The SMILES string of the molecule is CCNC(Cc1cccc(C)c1)c1ccc(Br)s1. The van der Waals surface area contributed by atoms with E-state index in [1.54, 1.807) is 0 Å². The second-order valence-electron chi connectivity index (χ2n) is 4.45. The zero-order chi connectivity index (χ0) is 13.0. The molecule has 0 aliphatic carbocycles. The normalized spacial score (nSPS) is 12.6. The fraction of sp³-hybridized carbons (Fsp3) is 0.333. The monoisotopic (exact) mass is 323 g/mol. The third kappa shape index (κ3) is 3.67. The number of benzene rings is 1. The number of rotatable bonds is 5. The van der Waals surface area contributed by atoms with E-state index in [-0.39, 0.29) is 0 Å². The molecule has 1 nitrogen and oxygen atoms in total. The number of hydrogen-bond donors (Lipinski definition) is 1. The highest BCUT2D eigenvalue weighted by Crippen LogP contribution is 2.29. The van der Waals surface area contributed by atoms with E-state index >= 15 is 0 Å². The molecule has 1 aromatic heterocycles. The minimum absolute atomic E-state index is 0.410. The first kappa shape index (κ1) is 13.8. The van der Waals surface area contributed by atoms with Gasteiger partial charge in [-0.1, -0.05) is 36.8 Å². The molecule has 0 radical (unpaired) electrons. The molecule has 1 aromatic carbocycles. The molecule has 0 spiro atoms. The van der Waals surface area contributed by atoms with Gasteiger partial charge in [0.2, 0.25) is 0 Å². The summed E-state index contributed by atoms with van der Waals surface area (Å²) in [6.45, 7) is 5.30. The Morgan fingerprint density at radius 1 is 1.28 bits per heavy atom. The van der Waals surface area contributed by atoms with Crippen LogP contribution in [0.3, 0.4) is 0 Å². The van der Waals surface area contributed by atoms with Crippen molar-refractivity contribution in [3.8, 4) is 0 Å². The van der Waals surface area contributed by atoms with Crippen LogP contribution in [0.1, 0.15) is 29.0 Å². The highest BCUT2D eigenvalue weighted by atomic mass is 79.9. The van der Waals surface area contributed by atoms with Crippen molar-refractivity contribution in [1.29, 1.82) is 0 Å². The lowest BCUT2D eigenvalue weighted by atomic mass is 10.0. The topological polar surface area (TPSA) is 12.0 Å². The molecule has 1 unspecified atom stereocenters. The van der Waals surface area contributed by atoms with Gasteiger partial charge in [0.1, 0.15) is 0 Å². The van der Waals surface area contributed by atoms with E-state index in [4.69, 9.17) is 0 Å². The van der Waals surface area contributed by atoms with Crippen molar-refractivity contribution in [3.05, 3.63) is 56.2 Å². The summed E-state index contributed by atoms with van der Waals surface area (Å²) in [5, 5.41) is 3.57. The molecule has 18 heavy (non-hydrogen) atoms. The number of nitrogens with one attached hydrogen (secondary N) is 1. The number of thiophene rings is 1. The Morgan fingerprint density at radius 2 is 2.11 bits per heavy atom. The lowest BCUT2D eigenvalue weighted by molar-refractivity contribution is 0.558. The second kappa shape index (κ2) is 6.50. The Balaban J connectivity index is 2.16. The molecule has 0 aliphatic heterocycles. The lowest BCUT2D eigenvalue weighted by Crippen LogP contribution is -2.22. The first-order valence-corrected chi connectivity index (χ1v) is 7.84. The third-order valence-corrected chi connectivity index (χ3v) is 4.65. The summed E-state index contributed by atoms with van der Waals surface area (Å²) < 4.78 is 1.20. The Hall–Kier alpha value is -0.640. The summed E-state index contributed by atoms with van der Waals surface area (Å²) in [6.07, 6.45) is 1.04. The molecule has 0 saturated heterocycles. The molecule has 1 atom stereocenters. The van der Waals surface area contributed by atoms with E-state index in [9.17, 15) is 0 Å². The average Bonchev–Trinajstić information content (AvgIpc) is 2.75. The van der Waals surface area contributed by atoms with Gasteiger partial charge in [-0.05, 0) is 53.5 Å². The number of hydrogen-bond acceptors (Lipinski definition) is 2. The summed E-state index contributed by atoms with van der Waals surface area (Å²) in [5.41, 5.74) is 2.72. The molecule has 0 aliphatic rings. The van der Waals surface area contributed by atoms with Crippen LogP contribution in [0.25, 0.3) is 0 Å². The van der Waals surface area contributed by atoms with Crippen molar-refractivity contribution >= 4 is 27.3 Å². The highest BCUT2D eigenvalue weighted by molar-refractivity contribution is 9.11. The number of aryl methyl sites for hydroxylation is 1. The van der Waals surface area contributed by atoms with Crippen LogP contribution in [0.2, 0.25) is 0 Å². The molecular formula is C15H18BrNS. The quantitative estimate of drug-likeness (QED) is 0.840. The molecule has 2 rings (SSSR count). The fourth-order valence-corrected chi connectivity index (χ4v) is 3.61. The van der Waals surface area contributed by atoms with Crippen molar-refractivity contribution in [2.45, 2.75) is 26.3 Å². The van der Waals surface area contributed by atoms with Gasteiger partial charge in [0.25, 0.3) is 0 Å². The molecule has 2 aromatic rings. The van der Waals surface area contributed by atoms with Crippen molar-refractivity contribution in [1.82, 2.24) is 5.32 Å². The van der Waals surface area contributed by atoms with Crippen LogP contribution < -0.4 is 5.32 Å². The number of halogens is 1. The van der Waals surface area contributed by atoms with E-state index in [0.717, 1.165) is 13.0 Å². The summed E-state index contributed by atoms with van der Waals surface area (Å²) in [6, 6.07) is 13.5. The van der Waals surface area contributed by atoms with Crippen molar-refractivity contribution in [2.24, 2.45) is 0 Å². The standard InChI is InChI=1S/C15H18BrNS/c1-3-17-13(14-7-8-15(16)18-14)10-12-6-4-5-11(2)9-12/h4-9,13,17H,3,10H2,1-2H3. The minimum atomic E-state index is 0.410. The van der Waals surface area contributed by atoms with Gasteiger partial charge in [-0.25, -0.2) is 0 Å². The first-order chi connectivity index (χ1) is 8.69. The van der Waals surface area contributed by atoms with Crippen LogP contribution in [-0.2, 0) is 6.42 Å². The maximum atomic E-state index is 3.57. The molecule has 0 fully saturated rings. The molecule has 1 heterocycles. The largest absolute Gasteiger partial charge is 0.309 e. The summed E-state index contributed by atoms with van der Waals surface area (Å²) in [5.74, 6) is 0. The van der Waals surface area contributed by atoms with Gasteiger partial charge in [0, 0.05) is 10.9 Å². The highest BCUT2D eigenvalue weighted by Gasteiger charge is 2.13. The fourth-order valence-electron chi connectivity index (χ4n) is 2.11. The maximum Gasteiger partial charge on any atom is 0.0701 e. The van der Waals surface area contributed by atoms with Gasteiger partial charge in [-0.3, -0.25) is 0 Å². The second-order valence-corrected chi connectivity index (χ2v) is 6.94. The number of likely N-dealkylation sites (N-methyl/N-ethyl adjacent to an activating group) is 1. The molecule has 3 heteroatoms. The zero-order valence-corrected chi connectivity index (χ0v) is 13.1. The predicted octanol–water partition coefficient (Wildman–Crippen LogP) is 4.71. The summed E-state index contributed by atoms with van der Waals surface area (Å²) >= 11 is 5.35. The molecule has 0 amide bonds. The van der Waals surface area contributed by atoms with Gasteiger partial charge in [-0.15, -0.1) is 11.3 Å². The Labute approximate surface area is 121 Å². The Bertz CT molecular complexity index is 507. The molecule has 1 N–H and O–H groups in total. The van der Waals surface area contributed by atoms with Gasteiger partial charge in [-0.2, -0.15) is 0 Å². The van der Waals surface area contributed by atoms with Gasteiger partial charge >= 0.3 is 0 Å². The summed E-state index contributed by atoms with van der Waals surface area (Å²) in [7, 11) is 0. The molecule has 0 bridgehead atoms. The van der Waals surface area contributed by atoms with Crippen molar-refractivity contribution in [3.63, 3.8) is 0 Å². The first-order valence-electron chi connectivity index (χ1n) is 6.23. The minimum Gasteiger partial charge on any atom is -0.309 e. The van der Waals surface area contributed by atoms with E-state index < -0.39 is 0 Å². The van der Waals surface area contributed by atoms with Crippen molar-refractivity contribution in [2.75, 3.05) is 6.54 Å². The van der Waals surface area contributed by atoms with Crippen LogP contribution in [0.4, 0.5) is 0 Å². The van der Waals surface area contributed by atoms with Gasteiger partial charge in [0.05, 0.1) is 3.79 Å². The predicted molar refractivity (Wildman–Crippen MR) is 83.3 cm³/mol. The molecule has 96 valence electrons. The van der Waals surface area contributed by atoms with Crippen molar-refractivity contribution < 1.29 is 0 Å². The average molecular weight is 324 g/mol. The Morgan fingerprint density at radius 3 is 2.72 bits per heavy atom. The molecular weight excluding hydrogens is 306 g/mol. The van der Waals surface area contributed by atoms with Gasteiger partial charge < -0.3 is 5.32 Å².